The topological polar surface area (TPSA) is 21.3 Å². The van der Waals surface area contributed by atoms with E-state index in [0.29, 0.717) is 13.0 Å². The number of hydrogen-bond donors (Lipinski definition) is 1. The molecule has 3 heteroatoms. The molecule has 9 heavy (non-hydrogen) atoms. The van der Waals surface area contributed by atoms with Crippen molar-refractivity contribution >= 4 is 0 Å². The van der Waals surface area contributed by atoms with Crippen LogP contribution in [-0.2, 0) is 4.74 Å². The van der Waals surface area contributed by atoms with E-state index in [4.69, 9.17) is 4.74 Å². The molecule has 0 saturated carbocycles. The van der Waals surface area contributed by atoms with Gasteiger partial charge in [-0.3, -0.25) is 0 Å². The lowest BCUT2D eigenvalue weighted by Gasteiger charge is -2.18. The Kier molecular flexibility index (Phi) is 2.05. The SMILES string of the molecule is CNC1COC=C(F)C1. The molecule has 0 aliphatic carbocycles. The first-order valence-electron chi connectivity index (χ1n) is 2.96. The van der Waals surface area contributed by atoms with E-state index in [1.54, 1.807) is 7.05 Å². The molecule has 1 N–H and O–H groups in total. The molecule has 1 atom stereocenters. The standard InChI is InChI=1S/C6H10FNO/c1-8-6-2-5(7)3-9-4-6/h3,6,8H,2,4H2,1H3. The maximum absolute atomic E-state index is 12.3. The number of nitrogens with one attached hydrogen (secondary N) is 1. The Morgan fingerprint density at radius 3 is 3.11 bits per heavy atom. The number of ether oxygens (including phenoxy) is 1. The minimum atomic E-state index is -0.180. The van der Waals surface area contributed by atoms with Crippen molar-refractivity contribution in [2.45, 2.75) is 12.5 Å². The molecule has 52 valence electrons. The average molecular weight is 131 g/mol. The third kappa shape index (κ3) is 1.68. The quantitative estimate of drug-likeness (QED) is 0.568. The van der Waals surface area contributed by atoms with Crippen LogP contribution in [0, 0.1) is 0 Å². The summed E-state index contributed by atoms with van der Waals surface area (Å²) in [5.41, 5.74) is 0. The van der Waals surface area contributed by atoms with Crippen molar-refractivity contribution in [3.05, 3.63) is 12.1 Å². The summed E-state index contributed by atoms with van der Waals surface area (Å²) in [4.78, 5) is 0. The minimum absolute atomic E-state index is 0.148. The van der Waals surface area contributed by atoms with Crippen LogP contribution in [0.4, 0.5) is 4.39 Å². The molecule has 0 radical (unpaired) electrons. The Balaban J connectivity index is 2.39. The molecule has 0 aromatic heterocycles. The van der Waals surface area contributed by atoms with Gasteiger partial charge >= 0.3 is 0 Å². The fourth-order valence-corrected chi connectivity index (χ4v) is 0.783. The maximum atomic E-state index is 12.3. The van der Waals surface area contributed by atoms with E-state index in [-0.39, 0.29) is 11.9 Å². The summed E-state index contributed by atoms with van der Waals surface area (Å²) in [5, 5.41) is 2.93. The van der Waals surface area contributed by atoms with E-state index in [0.717, 1.165) is 0 Å². The van der Waals surface area contributed by atoms with E-state index in [9.17, 15) is 4.39 Å². The summed E-state index contributed by atoms with van der Waals surface area (Å²) in [7, 11) is 1.80. The van der Waals surface area contributed by atoms with E-state index in [2.05, 4.69) is 5.32 Å². The zero-order valence-corrected chi connectivity index (χ0v) is 5.36. The molecule has 1 unspecified atom stereocenters. The molecule has 0 aromatic rings. The van der Waals surface area contributed by atoms with E-state index >= 15 is 0 Å². The van der Waals surface area contributed by atoms with Crippen molar-refractivity contribution in [2.24, 2.45) is 0 Å². The number of rotatable bonds is 1. The Morgan fingerprint density at radius 2 is 2.67 bits per heavy atom. The van der Waals surface area contributed by atoms with Crippen molar-refractivity contribution in [3.8, 4) is 0 Å². The Hall–Kier alpha value is -0.570. The van der Waals surface area contributed by atoms with Crippen molar-refractivity contribution in [1.82, 2.24) is 5.32 Å². The Morgan fingerprint density at radius 1 is 1.89 bits per heavy atom. The molecule has 0 saturated heterocycles. The van der Waals surface area contributed by atoms with Gasteiger partial charge in [0.1, 0.15) is 18.7 Å². The summed E-state index contributed by atoms with van der Waals surface area (Å²) in [6.45, 7) is 0.573. The van der Waals surface area contributed by atoms with Gasteiger partial charge in [0.05, 0.1) is 0 Å². The van der Waals surface area contributed by atoms with Gasteiger partial charge in [0, 0.05) is 12.5 Å². The smallest absolute Gasteiger partial charge is 0.136 e. The summed E-state index contributed by atoms with van der Waals surface area (Å²) >= 11 is 0. The molecular weight excluding hydrogens is 121 g/mol. The lowest BCUT2D eigenvalue weighted by molar-refractivity contribution is 0.177. The first-order chi connectivity index (χ1) is 4.33. The van der Waals surface area contributed by atoms with Crippen molar-refractivity contribution in [2.75, 3.05) is 13.7 Å². The third-order valence-electron chi connectivity index (χ3n) is 1.36. The number of likely N-dealkylation sites (N-methyl/N-ethyl adjacent to an activating group) is 1. The van der Waals surface area contributed by atoms with E-state index < -0.39 is 0 Å². The molecule has 0 bridgehead atoms. The second-order valence-electron chi connectivity index (χ2n) is 2.09. The van der Waals surface area contributed by atoms with E-state index in [1.165, 1.54) is 6.26 Å². The third-order valence-corrected chi connectivity index (χ3v) is 1.36. The largest absolute Gasteiger partial charge is 0.497 e. The summed E-state index contributed by atoms with van der Waals surface area (Å²) in [6, 6.07) is 0.148. The fourth-order valence-electron chi connectivity index (χ4n) is 0.783. The highest BCUT2D eigenvalue weighted by molar-refractivity contribution is 4.94. The lowest BCUT2D eigenvalue weighted by Crippen LogP contribution is -2.31. The average Bonchev–Trinajstić information content (AvgIpc) is 1.88. The van der Waals surface area contributed by atoms with Crippen LogP contribution in [0.25, 0.3) is 0 Å². The summed E-state index contributed by atoms with van der Waals surface area (Å²) < 4.78 is 17.1. The summed E-state index contributed by atoms with van der Waals surface area (Å²) in [5.74, 6) is -0.180. The van der Waals surface area contributed by atoms with Crippen molar-refractivity contribution < 1.29 is 9.13 Å². The minimum Gasteiger partial charge on any atom is -0.497 e. The lowest BCUT2D eigenvalue weighted by atomic mass is 10.2. The van der Waals surface area contributed by atoms with Crippen molar-refractivity contribution in [3.63, 3.8) is 0 Å². The molecular formula is C6H10FNO. The van der Waals surface area contributed by atoms with Gasteiger partial charge in [0.25, 0.3) is 0 Å². The van der Waals surface area contributed by atoms with Gasteiger partial charge in [0.2, 0.25) is 0 Å². The second kappa shape index (κ2) is 2.82. The van der Waals surface area contributed by atoms with E-state index in [1.807, 2.05) is 0 Å². The monoisotopic (exact) mass is 131 g/mol. The molecule has 1 rings (SSSR count). The van der Waals surface area contributed by atoms with Crippen LogP contribution in [0.3, 0.4) is 0 Å². The predicted molar refractivity (Wildman–Crippen MR) is 32.6 cm³/mol. The predicted octanol–water partition coefficient (Wildman–Crippen LogP) is 0.806. The molecule has 1 heterocycles. The molecule has 0 spiro atoms. The highest BCUT2D eigenvalue weighted by Gasteiger charge is 2.13. The van der Waals surface area contributed by atoms with Crippen LogP contribution in [0.5, 0.6) is 0 Å². The summed E-state index contributed by atoms with van der Waals surface area (Å²) in [6.07, 6.45) is 1.63. The zero-order chi connectivity index (χ0) is 6.69. The van der Waals surface area contributed by atoms with Gasteiger partial charge in [-0.2, -0.15) is 0 Å². The normalized spacial score (nSPS) is 26.9. The first-order valence-corrected chi connectivity index (χ1v) is 2.96. The van der Waals surface area contributed by atoms with Crippen LogP contribution < -0.4 is 5.32 Å². The van der Waals surface area contributed by atoms with Crippen LogP contribution in [0.15, 0.2) is 12.1 Å². The van der Waals surface area contributed by atoms with Crippen LogP contribution in [-0.4, -0.2) is 19.7 Å². The maximum Gasteiger partial charge on any atom is 0.136 e. The van der Waals surface area contributed by atoms with Gasteiger partial charge < -0.3 is 10.1 Å². The van der Waals surface area contributed by atoms with Gasteiger partial charge in [-0.1, -0.05) is 0 Å². The molecule has 0 amide bonds. The van der Waals surface area contributed by atoms with Crippen molar-refractivity contribution in [1.29, 1.82) is 0 Å². The number of hydrogen-bond acceptors (Lipinski definition) is 2. The van der Waals surface area contributed by atoms with Gasteiger partial charge in [-0.25, -0.2) is 4.39 Å². The van der Waals surface area contributed by atoms with Crippen LogP contribution in [0.1, 0.15) is 6.42 Å². The fraction of sp³-hybridized carbons (Fsp3) is 0.667. The van der Waals surface area contributed by atoms with Crippen LogP contribution >= 0.6 is 0 Å². The molecule has 0 fully saturated rings. The molecule has 0 aromatic carbocycles. The number of halogens is 1. The molecule has 1 aliphatic heterocycles. The highest BCUT2D eigenvalue weighted by atomic mass is 19.1. The molecule has 1 aliphatic rings. The van der Waals surface area contributed by atoms with Crippen LogP contribution in [0.2, 0.25) is 0 Å². The van der Waals surface area contributed by atoms with Gasteiger partial charge in [0.15, 0.2) is 0 Å². The van der Waals surface area contributed by atoms with Gasteiger partial charge in [-0.05, 0) is 7.05 Å². The first kappa shape index (κ1) is 6.55. The Bertz CT molecular complexity index is 124. The molecule has 2 nitrogen and oxygen atoms in total. The Labute approximate surface area is 53.7 Å². The zero-order valence-electron chi connectivity index (χ0n) is 5.36. The second-order valence-corrected chi connectivity index (χ2v) is 2.09. The van der Waals surface area contributed by atoms with Gasteiger partial charge in [-0.15, -0.1) is 0 Å². The highest BCUT2D eigenvalue weighted by Crippen LogP contribution is 2.12.